The van der Waals surface area contributed by atoms with Gasteiger partial charge in [0.05, 0.1) is 20.8 Å². The predicted molar refractivity (Wildman–Crippen MR) is 72.7 cm³/mol. The van der Waals surface area contributed by atoms with Crippen molar-refractivity contribution < 1.29 is 23.8 Å². The Hall–Kier alpha value is -2.24. The minimum Gasteiger partial charge on any atom is -0.497 e. The van der Waals surface area contributed by atoms with Gasteiger partial charge in [0.1, 0.15) is 18.0 Å². The summed E-state index contributed by atoms with van der Waals surface area (Å²) in [6.45, 7) is 0.326. The number of nitrogens with one attached hydrogen (secondary N) is 1. The molecule has 1 rings (SSSR count). The van der Waals surface area contributed by atoms with Crippen molar-refractivity contribution in [2.45, 2.75) is 12.8 Å². The van der Waals surface area contributed by atoms with Crippen LogP contribution in [0.15, 0.2) is 24.3 Å². The van der Waals surface area contributed by atoms with Crippen molar-refractivity contribution in [1.29, 1.82) is 0 Å². The van der Waals surface area contributed by atoms with Gasteiger partial charge in [-0.3, -0.25) is 9.59 Å². The highest BCUT2D eigenvalue weighted by molar-refractivity contribution is 5.81. The number of rotatable bonds is 8. The van der Waals surface area contributed by atoms with Gasteiger partial charge < -0.3 is 19.5 Å². The minimum atomic E-state index is -0.465. The first-order valence-electron chi connectivity index (χ1n) is 6.26. The molecule has 0 fully saturated rings. The second-order valence-electron chi connectivity index (χ2n) is 3.98. The normalized spacial score (nSPS) is 9.70. The van der Waals surface area contributed by atoms with Gasteiger partial charge in [-0.05, 0) is 30.7 Å². The lowest BCUT2D eigenvalue weighted by Gasteiger charge is -2.07. The van der Waals surface area contributed by atoms with Gasteiger partial charge in [-0.15, -0.1) is 0 Å². The zero-order valence-electron chi connectivity index (χ0n) is 11.7. The predicted octanol–water partition coefficient (Wildman–Crippen LogP) is 1.14. The van der Waals surface area contributed by atoms with E-state index in [9.17, 15) is 9.59 Å². The van der Waals surface area contributed by atoms with Crippen molar-refractivity contribution in [1.82, 2.24) is 5.32 Å². The van der Waals surface area contributed by atoms with Gasteiger partial charge in [0.15, 0.2) is 0 Å². The molecule has 0 saturated carbocycles. The summed E-state index contributed by atoms with van der Waals surface area (Å²) in [7, 11) is 2.87. The molecule has 1 aromatic rings. The second kappa shape index (κ2) is 8.79. The molecule has 6 heteroatoms. The Morgan fingerprint density at radius 3 is 2.35 bits per heavy atom. The fourth-order valence-electron chi connectivity index (χ4n) is 1.43. The van der Waals surface area contributed by atoms with Crippen molar-refractivity contribution in [3.63, 3.8) is 0 Å². The Kier molecular flexibility index (Phi) is 6.95. The van der Waals surface area contributed by atoms with Crippen LogP contribution in [0.1, 0.15) is 12.8 Å². The minimum absolute atomic E-state index is 0.103. The van der Waals surface area contributed by atoms with Crippen molar-refractivity contribution in [2.75, 3.05) is 27.4 Å². The van der Waals surface area contributed by atoms with E-state index in [0.717, 1.165) is 11.5 Å². The molecular formula is C14H19NO5. The maximum absolute atomic E-state index is 11.4. The summed E-state index contributed by atoms with van der Waals surface area (Å²) in [6, 6.07) is 7.21. The van der Waals surface area contributed by atoms with E-state index >= 15 is 0 Å². The van der Waals surface area contributed by atoms with Crippen LogP contribution in [0.5, 0.6) is 11.5 Å². The van der Waals surface area contributed by atoms with E-state index in [0.29, 0.717) is 19.4 Å². The van der Waals surface area contributed by atoms with E-state index in [2.05, 4.69) is 10.1 Å². The maximum atomic E-state index is 11.4. The lowest BCUT2D eigenvalue weighted by molar-refractivity contribution is -0.141. The van der Waals surface area contributed by atoms with Crippen molar-refractivity contribution >= 4 is 11.9 Å². The lowest BCUT2D eigenvalue weighted by Crippen LogP contribution is -2.30. The topological polar surface area (TPSA) is 73.9 Å². The molecule has 1 amide bonds. The highest BCUT2D eigenvalue weighted by Gasteiger charge is 2.05. The standard InChI is InChI=1S/C14H19NO5/c1-18-11-5-7-12(8-6-11)20-9-3-4-13(16)15-10-14(17)19-2/h5-8H,3-4,9-10H2,1-2H3,(H,15,16). The van der Waals surface area contributed by atoms with Gasteiger partial charge in [0, 0.05) is 6.42 Å². The van der Waals surface area contributed by atoms with E-state index < -0.39 is 5.97 Å². The molecule has 1 aromatic carbocycles. The number of carbonyl (C=O) groups excluding carboxylic acids is 2. The second-order valence-corrected chi connectivity index (χ2v) is 3.98. The number of amides is 1. The summed E-state index contributed by atoms with van der Waals surface area (Å²) in [4.78, 5) is 22.2. The van der Waals surface area contributed by atoms with Crippen LogP contribution in [0.4, 0.5) is 0 Å². The smallest absolute Gasteiger partial charge is 0.325 e. The molecule has 0 aliphatic rings. The summed E-state index contributed by atoms with van der Waals surface area (Å²) in [5.41, 5.74) is 0. The van der Waals surface area contributed by atoms with Gasteiger partial charge in [0.25, 0.3) is 0 Å². The van der Waals surface area contributed by atoms with Gasteiger partial charge in [0.2, 0.25) is 5.91 Å². The fourth-order valence-corrected chi connectivity index (χ4v) is 1.43. The molecule has 110 valence electrons. The first-order valence-corrected chi connectivity index (χ1v) is 6.26. The molecule has 6 nitrogen and oxygen atoms in total. The molecule has 1 N–H and O–H groups in total. The zero-order valence-corrected chi connectivity index (χ0v) is 11.7. The zero-order chi connectivity index (χ0) is 14.8. The molecule has 0 heterocycles. The first kappa shape index (κ1) is 15.8. The number of hydrogen-bond donors (Lipinski definition) is 1. The largest absolute Gasteiger partial charge is 0.497 e. The molecule has 0 saturated heterocycles. The fraction of sp³-hybridized carbons (Fsp3) is 0.429. The Balaban J connectivity index is 2.14. The molecule has 0 radical (unpaired) electrons. The monoisotopic (exact) mass is 281 g/mol. The van der Waals surface area contributed by atoms with E-state index in [1.807, 2.05) is 0 Å². The SMILES string of the molecule is COC(=O)CNC(=O)CCCOc1ccc(OC)cc1. The van der Waals surface area contributed by atoms with E-state index in [-0.39, 0.29) is 12.5 Å². The quantitative estimate of drug-likeness (QED) is 0.571. The number of ether oxygens (including phenoxy) is 3. The molecule has 0 aliphatic carbocycles. The Bertz CT molecular complexity index is 430. The van der Waals surface area contributed by atoms with Crippen molar-refractivity contribution in [3.8, 4) is 11.5 Å². The number of benzene rings is 1. The lowest BCUT2D eigenvalue weighted by atomic mass is 10.3. The van der Waals surface area contributed by atoms with E-state index in [1.165, 1.54) is 7.11 Å². The van der Waals surface area contributed by atoms with E-state index in [4.69, 9.17) is 9.47 Å². The van der Waals surface area contributed by atoms with Crippen LogP contribution in [-0.4, -0.2) is 39.2 Å². The number of hydrogen-bond acceptors (Lipinski definition) is 5. The molecule has 0 atom stereocenters. The summed E-state index contributed by atoms with van der Waals surface area (Å²) < 4.78 is 14.9. The van der Waals surface area contributed by atoms with Crippen LogP contribution >= 0.6 is 0 Å². The number of carbonyl (C=O) groups is 2. The van der Waals surface area contributed by atoms with Crippen molar-refractivity contribution in [2.24, 2.45) is 0 Å². The Labute approximate surface area is 118 Å². The number of methoxy groups -OCH3 is 2. The van der Waals surface area contributed by atoms with Gasteiger partial charge >= 0.3 is 5.97 Å². The molecule has 0 unspecified atom stereocenters. The Morgan fingerprint density at radius 2 is 1.75 bits per heavy atom. The first-order chi connectivity index (χ1) is 9.65. The summed E-state index contributed by atoms with van der Waals surface area (Å²) in [5.74, 6) is 0.821. The summed E-state index contributed by atoms with van der Waals surface area (Å²) in [5, 5.41) is 2.46. The molecule has 0 spiro atoms. The number of esters is 1. The summed E-state index contributed by atoms with van der Waals surface area (Å²) >= 11 is 0. The molecular weight excluding hydrogens is 262 g/mol. The van der Waals surface area contributed by atoms with Gasteiger partial charge in [-0.2, -0.15) is 0 Å². The van der Waals surface area contributed by atoms with Crippen LogP contribution in [0.3, 0.4) is 0 Å². The average molecular weight is 281 g/mol. The van der Waals surface area contributed by atoms with E-state index in [1.54, 1.807) is 31.4 Å². The molecule has 0 aliphatic heterocycles. The Morgan fingerprint density at radius 1 is 1.10 bits per heavy atom. The highest BCUT2D eigenvalue weighted by Crippen LogP contribution is 2.17. The van der Waals surface area contributed by atoms with Crippen LogP contribution in [-0.2, 0) is 14.3 Å². The van der Waals surface area contributed by atoms with Gasteiger partial charge in [-0.1, -0.05) is 0 Å². The van der Waals surface area contributed by atoms with Crippen LogP contribution in [0.25, 0.3) is 0 Å². The van der Waals surface area contributed by atoms with Gasteiger partial charge in [-0.25, -0.2) is 0 Å². The molecule has 0 aromatic heterocycles. The van der Waals surface area contributed by atoms with Crippen LogP contribution in [0.2, 0.25) is 0 Å². The van der Waals surface area contributed by atoms with Crippen LogP contribution < -0.4 is 14.8 Å². The third-order valence-corrected chi connectivity index (χ3v) is 2.53. The van der Waals surface area contributed by atoms with Crippen molar-refractivity contribution in [3.05, 3.63) is 24.3 Å². The maximum Gasteiger partial charge on any atom is 0.325 e. The van der Waals surface area contributed by atoms with Crippen LogP contribution in [0, 0.1) is 0 Å². The summed E-state index contributed by atoms with van der Waals surface area (Å²) in [6.07, 6.45) is 0.867. The third-order valence-electron chi connectivity index (χ3n) is 2.53. The third kappa shape index (κ3) is 6.08. The molecule has 20 heavy (non-hydrogen) atoms. The average Bonchev–Trinajstić information content (AvgIpc) is 2.49. The molecule has 0 bridgehead atoms. The highest BCUT2D eigenvalue weighted by atomic mass is 16.5.